The number of nitrogens with one attached hydrogen (secondary N) is 2. The molecule has 0 aliphatic rings. The smallest absolute Gasteiger partial charge is 0.246 e. The fraction of sp³-hybridized carbons (Fsp3) is 0.357. The highest BCUT2D eigenvalue weighted by atomic mass is 79.9. The molecule has 1 aromatic heterocycles. The number of aromatic nitrogens is 3. The van der Waals surface area contributed by atoms with Crippen LogP contribution in [0.3, 0.4) is 0 Å². The second kappa shape index (κ2) is 7.90. The lowest BCUT2D eigenvalue weighted by molar-refractivity contribution is -0.116. The molecule has 112 valence electrons. The van der Waals surface area contributed by atoms with Crippen LogP contribution in [0, 0.1) is 0 Å². The monoisotopic (exact) mass is 351 g/mol. The molecule has 0 radical (unpaired) electrons. The van der Waals surface area contributed by atoms with Gasteiger partial charge in [-0.15, -0.1) is 5.10 Å². The Labute approximate surface area is 132 Å². The minimum Gasteiger partial charge on any atom is -0.324 e. The minimum absolute atomic E-state index is 0.129. The summed E-state index contributed by atoms with van der Waals surface area (Å²) in [6.07, 6.45) is 2.85. The van der Waals surface area contributed by atoms with E-state index in [1.165, 1.54) is 4.68 Å². The molecular formula is C14H18BrN5O. The first-order valence-corrected chi connectivity index (χ1v) is 7.62. The predicted octanol–water partition coefficient (Wildman–Crippen LogP) is 2.18. The Morgan fingerprint density at radius 1 is 1.33 bits per heavy atom. The Morgan fingerprint density at radius 3 is 2.81 bits per heavy atom. The van der Waals surface area contributed by atoms with Crippen LogP contribution in [0.2, 0.25) is 0 Å². The lowest BCUT2D eigenvalue weighted by Gasteiger charge is -2.04. The van der Waals surface area contributed by atoms with Gasteiger partial charge in [-0.1, -0.05) is 28.1 Å². The molecule has 21 heavy (non-hydrogen) atoms. The number of carbonyl (C=O) groups excluding carboxylic acids is 1. The SMILES string of the molecule is CCCNCc1cn(CC(=O)Nc2ccc(Br)cc2)nn1. The average Bonchev–Trinajstić information content (AvgIpc) is 2.89. The van der Waals surface area contributed by atoms with Gasteiger partial charge < -0.3 is 10.6 Å². The zero-order valence-corrected chi connectivity index (χ0v) is 13.4. The maximum Gasteiger partial charge on any atom is 0.246 e. The quantitative estimate of drug-likeness (QED) is 0.750. The Bertz CT molecular complexity index is 581. The molecule has 1 heterocycles. The lowest BCUT2D eigenvalue weighted by Crippen LogP contribution is -2.19. The Kier molecular flexibility index (Phi) is 5.89. The molecule has 2 aromatic rings. The summed E-state index contributed by atoms with van der Waals surface area (Å²) < 4.78 is 2.51. The Hall–Kier alpha value is -1.73. The molecule has 0 bridgehead atoms. The zero-order valence-electron chi connectivity index (χ0n) is 11.8. The predicted molar refractivity (Wildman–Crippen MR) is 84.8 cm³/mol. The van der Waals surface area contributed by atoms with Crippen molar-refractivity contribution in [1.29, 1.82) is 0 Å². The van der Waals surface area contributed by atoms with Gasteiger partial charge in [0.15, 0.2) is 0 Å². The molecule has 1 amide bonds. The molecule has 0 atom stereocenters. The zero-order chi connectivity index (χ0) is 15.1. The van der Waals surface area contributed by atoms with Gasteiger partial charge in [-0.2, -0.15) is 0 Å². The standard InChI is InChI=1S/C14H18BrN5O/c1-2-7-16-8-13-9-20(19-18-13)10-14(21)17-12-5-3-11(15)4-6-12/h3-6,9,16H,2,7-8,10H2,1H3,(H,17,21). The van der Waals surface area contributed by atoms with Crippen LogP contribution >= 0.6 is 15.9 Å². The summed E-state index contributed by atoms with van der Waals surface area (Å²) in [7, 11) is 0. The third-order valence-electron chi connectivity index (χ3n) is 2.75. The third kappa shape index (κ3) is 5.28. The van der Waals surface area contributed by atoms with Crippen LogP contribution in [0.1, 0.15) is 19.0 Å². The van der Waals surface area contributed by atoms with Gasteiger partial charge in [0.1, 0.15) is 6.54 Å². The summed E-state index contributed by atoms with van der Waals surface area (Å²) in [4.78, 5) is 11.9. The summed E-state index contributed by atoms with van der Waals surface area (Å²) in [6.45, 7) is 3.87. The maximum atomic E-state index is 11.9. The van der Waals surface area contributed by atoms with Crippen molar-refractivity contribution in [3.63, 3.8) is 0 Å². The van der Waals surface area contributed by atoms with Crippen molar-refractivity contribution in [3.8, 4) is 0 Å². The highest BCUT2D eigenvalue weighted by Gasteiger charge is 2.06. The maximum absolute atomic E-state index is 11.9. The second-order valence-corrected chi connectivity index (χ2v) is 5.55. The summed E-state index contributed by atoms with van der Waals surface area (Å²) in [6, 6.07) is 7.43. The number of anilines is 1. The molecule has 1 aromatic carbocycles. The summed E-state index contributed by atoms with van der Waals surface area (Å²) in [5.74, 6) is -0.129. The number of amides is 1. The number of rotatable bonds is 7. The molecule has 2 rings (SSSR count). The molecule has 0 fully saturated rings. The van der Waals surface area contributed by atoms with Crippen LogP contribution in [-0.2, 0) is 17.9 Å². The van der Waals surface area contributed by atoms with Gasteiger partial charge in [-0.05, 0) is 37.2 Å². The molecule has 7 heteroatoms. The Balaban J connectivity index is 1.83. The average molecular weight is 352 g/mol. The first kappa shape index (κ1) is 15.7. The molecule has 0 saturated heterocycles. The molecule has 6 nitrogen and oxygen atoms in total. The van der Waals surface area contributed by atoms with E-state index in [-0.39, 0.29) is 12.5 Å². The number of halogens is 1. The van der Waals surface area contributed by atoms with Crippen LogP contribution in [0.4, 0.5) is 5.69 Å². The number of carbonyl (C=O) groups is 1. The van der Waals surface area contributed by atoms with E-state index in [1.807, 2.05) is 24.3 Å². The van der Waals surface area contributed by atoms with Gasteiger partial charge in [0.2, 0.25) is 5.91 Å². The molecule has 0 aliphatic carbocycles. The van der Waals surface area contributed by atoms with Crippen molar-refractivity contribution in [2.45, 2.75) is 26.4 Å². The van der Waals surface area contributed by atoms with Gasteiger partial charge >= 0.3 is 0 Å². The highest BCUT2D eigenvalue weighted by molar-refractivity contribution is 9.10. The molecule has 0 unspecified atom stereocenters. The van der Waals surface area contributed by atoms with E-state index in [0.717, 1.165) is 28.8 Å². The normalized spacial score (nSPS) is 10.6. The first-order valence-electron chi connectivity index (χ1n) is 6.82. The van der Waals surface area contributed by atoms with E-state index in [4.69, 9.17) is 0 Å². The van der Waals surface area contributed by atoms with Crippen LogP contribution in [0.25, 0.3) is 0 Å². The summed E-state index contributed by atoms with van der Waals surface area (Å²) in [5, 5.41) is 14.0. The van der Waals surface area contributed by atoms with Crippen LogP contribution < -0.4 is 10.6 Å². The van der Waals surface area contributed by atoms with Gasteiger partial charge in [-0.25, -0.2) is 4.68 Å². The van der Waals surface area contributed by atoms with Crippen molar-refractivity contribution in [1.82, 2.24) is 20.3 Å². The van der Waals surface area contributed by atoms with Gasteiger partial charge in [0, 0.05) is 16.7 Å². The fourth-order valence-corrected chi connectivity index (χ4v) is 2.04. The molecule has 2 N–H and O–H groups in total. The fourth-order valence-electron chi connectivity index (χ4n) is 1.77. The van der Waals surface area contributed by atoms with Crippen LogP contribution in [0.15, 0.2) is 34.9 Å². The van der Waals surface area contributed by atoms with Crippen molar-refractivity contribution < 1.29 is 4.79 Å². The molecule has 0 aliphatic heterocycles. The van der Waals surface area contributed by atoms with E-state index in [2.05, 4.69) is 43.8 Å². The minimum atomic E-state index is -0.129. The van der Waals surface area contributed by atoms with E-state index in [1.54, 1.807) is 6.20 Å². The number of hydrogen-bond donors (Lipinski definition) is 2. The number of benzene rings is 1. The highest BCUT2D eigenvalue weighted by Crippen LogP contribution is 2.13. The molecule has 0 spiro atoms. The molecule has 0 saturated carbocycles. The van der Waals surface area contributed by atoms with Crippen molar-refractivity contribution in [2.24, 2.45) is 0 Å². The third-order valence-corrected chi connectivity index (χ3v) is 3.28. The van der Waals surface area contributed by atoms with Gasteiger partial charge in [0.25, 0.3) is 0 Å². The van der Waals surface area contributed by atoms with E-state index in [9.17, 15) is 4.79 Å². The van der Waals surface area contributed by atoms with E-state index in [0.29, 0.717) is 6.54 Å². The van der Waals surface area contributed by atoms with Crippen molar-refractivity contribution in [3.05, 3.63) is 40.6 Å². The van der Waals surface area contributed by atoms with Crippen LogP contribution in [0.5, 0.6) is 0 Å². The second-order valence-electron chi connectivity index (χ2n) is 4.64. The largest absolute Gasteiger partial charge is 0.324 e. The lowest BCUT2D eigenvalue weighted by atomic mass is 10.3. The van der Waals surface area contributed by atoms with Crippen molar-refractivity contribution in [2.75, 3.05) is 11.9 Å². The Morgan fingerprint density at radius 2 is 2.10 bits per heavy atom. The number of nitrogens with zero attached hydrogens (tertiary/aromatic N) is 3. The molecular weight excluding hydrogens is 334 g/mol. The summed E-state index contributed by atoms with van der Waals surface area (Å²) in [5.41, 5.74) is 1.59. The van der Waals surface area contributed by atoms with E-state index < -0.39 is 0 Å². The number of hydrogen-bond acceptors (Lipinski definition) is 4. The van der Waals surface area contributed by atoms with Crippen LogP contribution in [-0.4, -0.2) is 27.4 Å². The van der Waals surface area contributed by atoms with Crippen molar-refractivity contribution >= 4 is 27.5 Å². The first-order chi connectivity index (χ1) is 10.2. The summed E-state index contributed by atoms with van der Waals surface area (Å²) >= 11 is 3.35. The topological polar surface area (TPSA) is 71.8 Å². The van der Waals surface area contributed by atoms with E-state index >= 15 is 0 Å². The van der Waals surface area contributed by atoms with Gasteiger partial charge in [0.05, 0.1) is 11.9 Å². The van der Waals surface area contributed by atoms with Gasteiger partial charge in [-0.3, -0.25) is 4.79 Å².